The number of hydrogen-bond donors (Lipinski definition) is 0. The first-order valence-corrected chi connectivity index (χ1v) is 35.6. The molecule has 80 heavy (non-hydrogen) atoms. The van der Waals surface area contributed by atoms with Crippen molar-refractivity contribution in [3.05, 3.63) is 48.6 Å². The summed E-state index contributed by atoms with van der Waals surface area (Å²) in [5, 5.41) is 0. The van der Waals surface area contributed by atoms with Gasteiger partial charge in [-0.05, 0) is 57.8 Å². The van der Waals surface area contributed by atoms with E-state index in [9.17, 15) is 14.4 Å². The van der Waals surface area contributed by atoms with Crippen LogP contribution < -0.4 is 0 Å². The first-order valence-electron chi connectivity index (χ1n) is 35.6. The Morgan fingerprint density at radius 2 is 0.487 bits per heavy atom. The molecule has 0 rings (SSSR count). The zero-order chi connectivity index (χ0) is 57.8. The predicted octanol–water partition coefficient (Wildman–Crippen LogP) is 24.5. The van der Waals surface area contributed by atoms with Crippen molar-refractivity contribution in [3.8, 4) is 0 Å². The zero-order valence-corrected chi connectivity index (χ0v) is 53.9. The van der Waals surface area contributed by atoms with Gasteiger partial charge in [-0.2, -0.15) is 0 Å². The number of rotatable bonds is 66. The average molecular weight is 1120 g/mol. The Hall–Kier alpha value is -2.63. The molecule has 0 aromatic heterocycles. The zero-order valence-electron chi connectivity index (χ0n) is 53.9. The molecule has 1 atom stereocenters. The van der Waals surface area contributed by atoms with Crippen molar-refractivity contribution >= 4 is 17.9 Å². The van der Waals surface area contributed by atoms with Crippen LogP contribution in [0.4, 0.5) is 0 Å². The van der Waals surface area contributed by atoms with E-state index in [0.29, 0.717) is 19.3 Å². The van der Waals surface area contributed by atoms with E-state index in [0.717, 1.165) is 83.5 Å². The molecular weight excluding hydrogens is 985 g/mol. The maximum absolute atomic E-state index is 12.9. The van der Waals surface area contributed by atoms with Gasteiger partial charge in [0.2, 0.25) is 0 Å². The SMILES string of the molecule is CC/C=C\C/C=C\C/C=C\C/C=C\CCCCCCCCCCCCCCCCCCCCCCC(=O)OCC(COC(=O)CCCCCCCCCC)OC(=O)CCCCCCCCCCCCCCCCCCCCCCC. The van der Waals surface area contributed by atoms with Crippen LogP contribution in [0.25, 0.3) is 0 Å². The van der Waals surface area contributed by atoms with Crippen LogP contribution in [0, 0.1) is 0 Å². The van der Waals surface area contributed by atoms with Crippen molar-refractivity contribution in [3.63, 3.8) is 0 Å². The number of ether oxygens (including phenoxy) is 3. The van der Waals surface area contributed by atoms with Crippen LogP contribution in [-0.4, -0.2) is 37.2 Å². The second-order valence-corrected chi connectivity index (χ2v) is 24.1. The molecule has 0 aliphatic carbocycles. The number of hydrogen-bond acceptors (Lipinski definition) is 6. The summed E-state index contributed by atoms with van der Waals surface area (Å²) in [6.07, 6.45) is 87.5. The molecule has 0 aliphatic rings. The Kier molecular flexibility index (Phi) is 66.6. The molecule has 0 radical (unpaired) electrons. The van der Waals surface area contributed by atoms with E-state index in [-0.39, 0.29) is 31.1 Å². The standard InChI is InChI=1S/C74H136O6/c1-4-7-10-13-16-19-21-23-25-27-29-31-32-33-34-35-36-37-38-39-40-41-42-44-45-47-49-51-53-55-58-61-64-67-73(76)79-70-71(69-78-72(75)66-63-60-57-18-15-12-9-6-3)80-74(77)68-65-62-59-56-54-52-50-48-46-43-30-28-26-24-22-20-17-14-11-8-5-2/h7,10,16,19,23,25,29,31,71H,4-6,8-9,11-15,17-18,20-22,24,26-28,30,32-70H2,1-3H3/b10-7-,19-16-,25-23-,31-29-. The fourth-order valence-electron chi connectivity index (χ4n) is 10.8. The van der Waals surface area contributed by atoms with Gasteiger partial charge in [0.15, 0.2) is 6.10 Å². The molecule has 0 aliphatic heterocycles. The van der Waals surface area contributed by atoms with Crippen molar-refractivity contribution in [1.29, 1.82) is 0 Å². The van der Waals surface area contributed by atoms with Crippen molar-refractivity contribution in [2.24, 2.45) is 0 Å². The lowest BCUT2D eigenvalue weighted by atomic mass is 10.0. The minimum absolute atomic E-state index is 0.0653. The maximum Gasteiger partial charge on any atom is 0.306 e. The monoisotopic (exact) mass is 1120 g/mol. The number of unbranched alkanes of at least 4 members (excludes halogenated alkanes) is 47. The first kappa shape index (κ1) is 77.4. The van der Waals surface area contributed by atoms with Crippen LogP contribution in [0.3, 0.4) is 0 Å². The summed E-state index contributed by atoms with van der Waals surface area (Å²) in [6, 6.07) is 0. The van der Waals surface area contributed by atoms with Crippen LogP contribution >= 0.6 is 0 Å². The lowest BCUT2D eigenvalue weighted by molar-refractivity contribution is -0.167. The van der Waals surface area contributed by atoms with Crippen LogP contribution in [0.1, 0.15) is 387 Å². The summed E-state index contributed by atoms with van der Waals surface area (Å²) in [4.78, 5) is 38.2. The second kappa shape index (κ2) is 68.9. The summed E-state index contributed by atoms with van der Waals surface area (Å²) in [5.74, 6) is -0.841. The molecule has 0 bridgehead atoms. The number of carbonyl (C=O) groups is 3. The van der Waals surface area contributed by atoms with Gasteiger partial charge in [0.05, 0.1) is 0 Å². The Morgan fingerprint density at radius 3 is 0.762 bits per heavy atom. The Morgan fingerprint density at radius 1 is 0.263 bits per heavy atom. The lowest BCUT2D eigenvalue weighted by Crippen LogP contribution is -2.30. The van der Waals surface area contributed by atoms with Crippen LogP contribution in [0.15, 0.2) is 48.6 Å². The molecule has 0 heterocycles. The highest BCUT2D eigenvalue weighted by Crippen LogP contribution is 2.19. The normalized spacial score (nSPS) is 12.3. The second-order valence-electron chi connectivity index (χ2n) is 24.1. The molecule has 0 aromatic carbocycles. The van der Waals surface area contributed by atoms with Gasteiger partial charge < -0.3 is 14.2 Å². The molecule has 468 valence electrons. The maximum atomic E-state index is 12.9. The van der Waals surface area contributed by atoms with Gasteiger partial charge in [-0.3, -0.25) is 14.4 Å². The van der Waals surface area contributed by atoms with Crippen LogP contribution in [0.2, 0.25) is 0 Å². The highest BCUT2D eigenvalue weighted by Gasteiger charge is 2.19. The van der Waals surface area contributed by atoms with Gasteiger partial charge in [-0.15, -0.1) is 0 Å². The van der Waals surface area contributed by atoms with Crippen LogP contribution in [0.5, 0.6) is 0 Å². The number of esters is 3. The summed E-state index contributed by atoms with van der Waals surface area (Å²) < 4.78 is 16.9. The van der Waals surface area contributed by atoms with Gasteiger partial charge in [0, 0.05) is 19.3 Å². The summed E-state index contributed by atoms with van der Waals surface area (Å²) in [6.45, 7) is 6.57. The van der Waals surface area contributed by atoms with Gasteiger partial charge in [-0.25, -0.2) is 0 Å². The van der Waals surface area contributed by atoms with E-state index in [1.54, 1.807) is 0 Å². The third-order valence-electron chi connectivity index (χ3n) is 16.1. The smallest absolute Gasteiger partial charge is 0.306 e. The van der Waals surface area contributed by atoms with Gasteiger partial charge >= 0.3 is 17.9 Å². The highest BCUT2D eigenvalue weighted by atomic mass is 16.6. The lowest BCUT2D eigenvalue weighted by Gasteiger charge is -2.18. The third-order valence-corrected chi connectivity index (χ3v) is 16.1. The van der Waals surface area contributed by atoms with Crippen molar-refractivity contribution < 1.29 is 28.6 Å². The summed E-state index contributed by atoms with van der Waals surface area (Å²) in [7, 11) is 0. The Labute approximate surface area is 498 Å². The van der Waals surface area contributed by atoms with Crippen LogP contribution in [-0.2, 0) is 28.6 Å². The molecule has 0 saturated carbocycles. The minimum atomic E-state index is -0.766. The fraction of sp³-hybridized carbons (Fsp3) is 0.851. The minimum Gasteiger partial charge on any atom is -0.462 e. The number of carbonyl (C=O) groups excluding carboxylic acids is 3. The van der Waals surface area contributed by atoms with E-state index in [2.05, 4.69) is 69.4 Å². The predicted molar refractivity (Wildman–Crippen MR) is 349 cm³/mol. The molecule has 6 heteroatoms. The molecule has 0 amide bonds. The van der Waals surface area contributed by atoms with Gasteiger partial charge in [-0.1, -0.05) is 358 Å². The van der Waals surface area contributed by atoms with E-state index in [4.69, 9.17) is 14.2 Å². The molecule has 0 fully saturated rings. The molecule has 6 nitrogen and oxygen atoms in total. The van der Waals surface area contributed by atoms with Crippen molar-refractivity contribution in [2.45, 2.75) is 393 Å². The first-order chi connectivity index (χ1) is 39.5. The van der Waals surface area contributed by atoms with E-state index < -0.39 is 6.10 Å². The average Bonchev–Trinajstić information content (AvgIpc) is 3.46. The van der Waals surface area contributed by atoms with Crippen molar-refractivity contribution in [1.82, 2.24) is 0 Å². The Bertz CT molecular complexity index is 1380. The van der Waals surface area contributed by atoms with E-state index in [1.165, 1.54) is 263 Å². The highest BCUT2D eigenvalue weighted by molar-refractivity contribution is 5.71. The van der Waals surface area contributed by atoms with E-state index >= 15 is 0 Å². The number of allylic oxidation sites excluding steroid dienone is 8. The molecule has 0 spiro atoms. The quantitative estimate of drug-likeness (QED) is 0.0261. The Balaban J connectivity index is 4.01. The molecule has 0 aromatic rings. The topological polar surface area (TPSA) is 78.9 Å². The van der Waals surface area contributed by atoms with Crippen molar-refractivity contribution in [2.75, 3.05) is 13.2 Å². The molecular formula is C74H136O6. The third kappa shape index (κ3) is 66.2. The summed E-state index contributed by atoms with van der Waals surface area (Å²) >= 11 is 0. The summed E-state index contributed by atoms with van der Waals surface area (Å²) in [5.41, 5.74) is 0. The van der Waals surface area contributed by atoms with Gasteiger partial charge in [0.25, 0.3) is 0 Å². The molecule has 0 saturated heterocycles. The molecule has 1 unspecified atom stereocenters. The fourth-order valence-corrected chi connectivity index (χ4v) is 10.8. The largest absolute Gasteiger partial charge is 0.462 e. The van der Waals surface area contributed by atoms with Gasteiger partial charge in [0.1, 0.15) is 13.2 Å². The van der Waals surface area contributed by atoms with E-state index in [1.807, 2.05) is 0 Å². The molecule has 0 N–H and O–H groups in total.